The number of nitrogens with zero attached hydrogens (tertiary/aromatic N) is 1. The first-order chi connectivity index (χ1) is 9.77. The molecule has 100 valence electrons. The number of hydrogen-bond acceptors (Lipinski definition) is 2. The van der Waals surface area contributed by atoms with Gasteiger partial charge in [-0.3, -0.25) is 4.79 Å². The fourth-order valence-electron chi connectivity index (χ4n) is 3.86. The summed E-state index contributed by atoms with van der Waals surface area (Å²) >= 11 is 0. The van der Waals surface area contributed by atoms with Gasteiger partial charge in [-0.1, -0.05) is 48.6 Å². The number of benzene rings is 1. The number of carbonyl (C=O) groups excluding carboxylic acids is 1. The second-order valence-corrected chi connectivity index (χ2v) is 5.75. The van der Waals surface area contributed by atoms with E-state index in [4.69, 9.17) is 0 Å². The Labute approximate surface area is 119 Å². The van der Waals surface area contributed by atoms with E-state index in [1.165, 1.54) is 16.8 Å². The fourth-order valence-corrected chi connectivity index (χ4v) is 3.86. The number of rotatable bonds is 1. The monoisotopic (exact) mass is 263 g/mol. The predicted molar refractivity (Wildman–Crippen MR) is 79.9 cm³/mol. The molecule has 2 nitrogen and oxygen atoms in total. The standard InChI is InChI=1S/C18H17NO/c1-19-15-9-5-8-13-16(20)11-10-14(17(13)15)18(19)12-6-3-2-4-7-12/h2-9,15,17H,10-11H2,1H3. The van der Waals surface area contributed by atoms with Crippen LogP contribution in [0.25, 0.3) is 5.70 Å². The summed E-state index contributed by atoms with van der Waals surface area (Å²) < 4.78 is 0. The first-order valence-corrected chi connectivity index (χ1v) is 7.20. The molecule has 0 N–H and O–H groups in total. The van der Waals surface area contributed by atoms with Gasteiger partial charge in [-0.2, -0.15) is 0 Å². The molecule has 2 atom stereocenters. The van der Waals surface area contributed by atoms with Gasteiger partial charge < -0.3 is 4.90 Å². The molecule has 20 heavy (non-hydrogen) atoms. The Balaban J connectivity index is 1.90. The first-order valence-electron chi connectivity index (χ1n) is 7.20. The minimum absolute atomic E-state index is 0.279. The Morgan fingerprint density at radius 3 is 2.75 bits per heavy atom. The van der Waals surface area contributed by atoms with Gasteiger partial charge in [0.25, 0.3) is 0 Å². The predicted octanol–water partition coefficient (Wildman–Crippen LogP) is 3.19. The quantitative estimate of drug-likeness (QED) is 0.775. The fraction of sp³-hybridized carbons (Fsp3) is 0.278. The number of allylic oxidation sites excluding steroid dienone is 2. The lowest BCUT2D eigenvalue weighted by Crippen LogP contribution is -2.34. The molecule has 1 fully saturated rings. The van der Waals surface area contributed by atoms with Gasteiger partial charge >= 0.3 is 0 Å². The van der Waals surface area contributed by atoms with Crippen molar-refractivity contribution < 1.29 is 4.79 Å². The van der Waals surface area contributed by atoms with E-state index < -0.39 is 0 Å². The van der Waals surface area contributed by atoms with E-state index in [9.17, 15) is 4.79 Å². The number of Topliss-reactive ketones (excluding diaryl/α,β-unsaturated/α-hetero) is 1. The number of ketones is 1. The Morgan fingerprint density at radius 2 is 1.95 bits per heavy atom. The third-order valence-corrected chi connectivity index (χ3v) is 4.73. The number of likely N-dealkylation sites (N-methyl/N-ethyl adjacent to an activating group) is 1. The molecule has 0 amide bonds. The Morgan fingerprint density at radius 1 is 1.15 bits per heavy atom. The molecule has 1 saturated carbocycles. The highest BCUT2D eigenvalue weighted by Crippen LogP contribution is 2.48. The second-order valence-electron chi connectivity index (χ2n) is 5.75. The van der Waals surface area contributed by atoms with Crippen molar-refractivity contribution in [1.82, 2.24) is 4.90 Å². The van der Waals surface area contributed by atoms with Crippen molar-refractivity contribution in [2.45, 2.75) is 18.9 Å². The van der Waals surface area contributed by atoms with Crippen molar-refractivity contribution in [2.75, 3.05) is 7.05 Å². The van der Waals surface area contributed by atoms with Crippen LogP contribution in [0.1, 0.15) is 18.4 Å². The van der Waals surface area contributed by atoms with E-state index in [0.29, 0.717) is 18.2 Å². The van der Waals surface area contributed by atoms with Gasteiger partial charge in [0.2, 0.25) is 0 Å². The highest BCUT2D eigenvalue weighted by atomic mass is 16.1. The summed E-state index contributed by atoms with van der Waals surface area (Å²) in [5, 5.41) is 0. The van der Waals surface area contributed by atoms with Crippen molar-refractivity contribution in [1.29, 1.82) is 0 Å². The van der Waals surface area contributed by atoms with Gasteiger partial charge in [-0.25, -0.2) is 0 Å². The van der Waals surface area contributed by atoms with Crippen LogP contribution >= 0.6 is 0 Å². The van der Waals surface area contributed by atoms with Crippen LogP contribution in [0.5, 0.6) is 0 Å². The van der Waals surface area contributed by atoms with Crippen molar-refractivity contribution in [3.63, 3.8) is 0 Å². The Hall–Kier alpha value is -2.09. The summed E-state index contributed by atoms with van der Waals surface area (Å²) in [7, 11) is 2.15. The lowest BCUT2D eigenvalue weighted by molar-refractivity contribution is -0.116. The zero-order chi connectivity index (χ0) is 13.7. The SMILES string of the molecule is CN1C(c2ccccc2)=C2CCC(=O)C3=CC=CC1C32. The summed E-state index contributed by atoms with van der Waals surface area (Å²) in [5.74, 6) is 0.609. The van der Waals surface area contributed by atoms with Crippen LogP contribution < -0.4 is 0 Å². The molecule has 1 heterocycles. The van der Waals surface area contributed by atoms with Crippen LogP contribution in [0.3, 0.4) is 0 Å². The topological polar surface area (TPSA) is 20.3 Å². The summed E-state index contributed by atoms with van der Waals surface area (Å²) in [6.45, 7) is 0. The molecule has 0 aromatic heterocycles. The molecule has 0 spiro atoms. The largest absolute Gasteiger partial charge is 0.367 e. The average molecular weight is 263 g/mol. The molecule has 0 bridgehead atoms. The highest BCUT2D eigenvalue weighted by Gasteiger charge is 2.44. The van der Waals surface area contributed by atoms with E-state index in [-0.39, 0.29) is 5.92 Å². The molecule has 1 aromatic carbocycles. The van der Waals surface area contributed by atoms with Crippen LogP contribution in [0.2, 0.25) is 0 Å². The van der Waals surface area contributed by atoms with Gasteiger partial charge in [0.1, 0.15) is 0 Å². The lowest BCUT2D eigenvalue weighted by Gasteiger charge is -2.31. The van der Waals surface area contributed by atoms with Crippen molar-refractivity contribution in [3.05, 3.63) is 65.3 Å². The Bertz CT molecular complexity index is 666. The smallest absolute Gasteiger partial charge is 0.159 e. The summed E-state index contributed by atoms with van der Waals surface area (Å²) in [4.78, 5) is 14.5. The molecule has 1 aliphatic heterocycles. The van der Waals surface area contributed by atoms with Gasteiger partial charge in [0, 0.05) is 30.7 Å². The molecule has 1 aromatic rings. The second kappa shape index (κ2) is 4.20. The van der Waals surface area contributed by atoms with Gasteiger partial charge in [0.15, 0.2) is 5.78 Å². The van der Waals surface area contributed by atoms with Crippen molar-refractivity contribution in [2.24, 2.45) is 5.92 Å². The van der Waals surface area contributed by atoms with Crippen LogP contribution in [0.4, 0.5) is 0 Å². The molecule has 4 rings (SSSR count). The third-order valence-electron chi connectivity index (χ3n) is 4.73. The van der Waals surface area contributed by atoms with E-state index >= 15 is 0 Å². The molecule has 2 aliphatic carbocycles. The minimum Gasteiger partial charge on any atom is -0.367 e. The summed E-state index contributed by atoms with van der Waals surface area (Å²) in [6.07, 6.45) is 7.84. The molecule has 2 heteroatoms. The van der Waals surface area contributed by atoms with Crippen LogP contribution in [-0.2, 0) is 4.79 Å². The average Bonchev–Trinajstić information content (AvgIpc) is 2.78. The molecular formula is C18H17NO. The number of hydrogen-bond donors (Lipinski definition) is 0. The van der Waals surface area contributed by atoms with Crippen LogP contribution in [0, 0.1) is 5.92 Å². The van der Waals surface area contributed by atoms with Crippen LogP contribution in [-0.4, -0.2) is 23.8 Å². The maximum atomic E-state index is 12.2. The maximum absolute atomic E-state index is 12.2. The van der Waals surface area contributed by atoms with Gasteiger partial charge in [-0.05, 0) is 17.6 Å². The zero-order valence-electron chi connectivity index (χ0n) is 11.5. The number of carbonyl (C=O) groups is 1. The van der Waals surface area contributed by atoms with Crippen LogP contribution in [0.15, 0.2) is 59.7 Å². The highest BCUT2D eigenvalue weighted by molar-refractivity contribution is 6.00. The zero-order valence-corrected chi connectivity index (χ0v) is 11.5. The minimum atomic E-state index is 0.279. The summed E-state index contributed by atoms with van der Waals surface area (Å²) in [5.41, 5.74) is 5.04. The maximum Gasteiger partial charge on any atom is 0.159 e. The molecule has 3 aliphatic rings. The van der Waals surface area contributed by atoms with E-state index in [1.54, 1.807) is 0 Å². The van der Waals surface area contributed by atoms with Crippen molar-refractivity contribution >= 4 is 11.5 Å². The third kappa shape index (κ3) is 1.48. The molecular weight excluding hydrogens is 246 g/mol. The lowest BCUT2D eigenvalue weighted by atomic mass is 9.74. The van der Waals surface area contributed by atoms with E-state index in [1.807, 2.05) is 18.2 Å². The summed E-state index contributed by atoms with van der Waals surface area (Å²) in [6, 6.07) is 10.9. The Kier molecular flexibility index (Phi) is 2.46. The normalized spacial score (nSPS) is 27.8. The first kappa shape index (κ1) is 11.7. The van der Waals surface area contributed by atoms with Crippen molar-refractivity contribution in [3.8, 4) is 0 Å². The van der Waals surface area contributed by atoms with Gasteiger partial charge in [-0.15, -0.1) is 0 Å². The van der Waals surface area contributed by atoms with E-state index in [0.717, 1.165) is 12.0 Å². The van der Waals surface area contributed by atoms with Gasteiger partial charge in [0.05, 0.1) is 6.04 Å². The molecule has 2 unspecified atom stereocenters. The van der Waals surface area contributed by atoms with E-state index in [2.05, 4.69) is 42.3 Å². The molecule has 0 saturated heterocycles. The molecule has 0 radical (unpaired) electrons.